The first-order chi connectivity index (χ1) is 13.3. The lowest BCUT2D eigenvalue weighted by Gasteiger charge is -2.28. The fourth-order valence-electron chi connectivity index (χ4n) is 3.27. The van der Waals surface area contributed by atoms with Crippen molar-refractivity contribution in [1.82, 2.24) is 25.5 Å². The minimum absolute atomic E-state index is 0.217. The molecule has 1 aromatic carbocycles. The number of imidazole rings is 1. The third kappa shape index (κ3) is 3.33. The summed E-state index contributed by atoms with van der Waals surface area (Å²) >= 11 is 0. The maximum atomic E-state index is 12.0. The van der Waals surface area contributed by atoms with Crippen LogP contribution in [0.25, 0.3) is 22.6 Å². The van der Waals surface area contributed by atoms with E-state index in [0.29, 0.717) is 23.2 Å². The van der Waals surface area contributed by atoms with Gasteiger partial charge in [0.25, 0.3) is 0 Å². The van der Waals surface area contributed by atoms with Crippen LogP contribution in [0.1, 0.15) is 12.8 Å². The smallest absolute Gasteiger partial charge is 0.319 e. The minimum Gasteiger partial charge on any atom is -0.378 e. The molecule has 2 fully saturated rings. The van der Waals surface area contributed by atoms with Gasteiger partial charge in [-0.25, -0.2) is 9.78 Å². The third-order valence-electron chi connectivity index (χ3n) is 4.88. The van der Waals surface area contributed by atoms with Crippen molar-refractivity contribution in [2.24, 2.45) is 0 Å². The van der Waals surface area contributed by atoms with Crippen LogP contribution in [0, 0.1) is 0 Å². The third-order valence-corrected chi connectivity index (χ3v) is 4.88. The molecule has 9 nitrogen and oxygen atoms in total. The van der Waals surface area contributed by atoms with Gasteiger partial charge in [0.15, 0.2) is 5.82 Å². The molecule has 1 aliphatic carbocycles. The zero-order chi connectivity index (χ0) is 18.2. The summed E-state index contributed by atoms with van der Waals surface area (Å²) in [6.07, 6.45) is 3.68. The molecule has 0 spiro atoms. The van der Waals surface area contributed by atoms with Crippen LogP contribution in [0.4, 0.5) is 16.2 Å². The number of fused-ring (bicyclic) bond motifs is 1. The highest BCUT2D eigenvalue weighted by Crippen LogP contribution is 2.28. The Bertz CT molecular complexity index is 969. The van der Waals surface area contributed by atoms with E-state index in [0.717, 1.165) is 55.9 Å². The van der Waals surface area contributed by atoms with E-state index in [1.165, 1.54) is 0 Å². The van der Waals surface area contributed by atoms with Gasteiger partial charge >= 0.3 is 6.03 Å². The number of carbonyl (C=O) groups excluding carboxylic acids is 1. The topological polar surface area (TPSA) is 111 Å². The Morgan fingerprint density at radius 1 is 1.26 bits per heavy atom. The number of aromatic amines is 2. The van der Waals surface area contributed by atoms with Crippen LogP contribution < -0.4 is 15.5 Å². The first-order valence-corrected chi connectivity index (χ1v) is 9.20. The number of urea groups is 1. The fraction of sp³-hybridized carbons (Fsp3) is 0.389. The second-order valence-electron chi connectivity index (χ2n) is 6.92. The van der Waals surface area contributed by atoms with Crippen molar-refractivity contribution in [3.8, 4) is 11.5 Å². The molecular formula is C18H21N7O2. The molecule has 2 amide bonds. The van der Waals surface area contributed by atoms with E-state index in [1.54, 1.807) is 6.20 Å². The number of morpholine rings is 1. The van der Waals surface area contributed by atoms with E-state index >= 15 is 0 Å². The number of hydrogen-bond acceptors (Lipinski definition) is 5. The van der Waals surface area contributed by atoms with E-state index in [9.17, 15) is 4.79 Å². The summed E-state index contributed by atoms with van der Waals surface area (Å²) < 4.78 is 5.42. The number of nitrogens with one attached hydrogen (secondary N) is 4. The van der Waals surface area contributed by atoms with Gasteiger partial charge in [0.1, 0.15) is 5.69 Å². The Labute approximate surface area is 155 Å². The molecule has 5 rings (SSSR count). The predicted octanol–water partition coefficient (Wildman–Crippen LogP) is 2.07. The van der Waals surface area contributed by atoms with E-state index < -0.39 is 0 Å². The van der Waals surface area contributed by atoms with Crippen LogP contribution in [0.5, 0.6) is 0 Å². The van der Waals surface area contributed by atoms with Gasteiger partial charge in [-0.3, -0.25) is 5.10 Å². The molecule has 2 aromatic heterocycles. The first kappa shape index (κ1) is 16.1. The van der Waals surface area contributed by atoms with Gasteiger partial charge in [-0.2, -0.15) is 5.10 Å². The molecule has 3 aromatic rings. The van der Waals surface area contributed by atoms with Gasteiger partial charge < -0.3 is 25.3 Å². The van der Waals surface area contributed by atoms with Crippen LogP contribution in [-0.2, 0) is 4.74 Å². The van der Waals surface area contributed by atoms with Gasteiger partial charge in [-0.15, -0.1) is 0 Å². The molecule has 0 unspecified atom stereocenters. The Kier molecular flexibility index (Phi) is 3.93. The van der Waals surface area contributed by atoms with E-state index in [2.05, 4.69) is 47.8 Å². The number of anilines is 2. The Morgan fingerprint density at radius 3 is 2.93 bits per heavy atom. The molecule has 1 saturated carbocycles. The highest BCUT2D eigenvalue weighted by molar-refractivity contribution is 5.93. The fourth-order valence-corrected chi connectivity index (χ4v) is 3.27. The van der Waals surface area contributed by atoms with Gasteiger partial charge in [0.2, 0.25) is 0 Å². The summed E-state index contributed by atoms with van der Waals surface area (Å²) in [4.78, 5) is 22.3. The van der Waals surface area contributed by atoms with Gasteiger partial charge in [-0.05, 0) is 31.0 Å². The van der Waals surface area contributed by atoms with Gasteiger partial charge in [0.05, 0.1) is 36.1 Å². The molecule has 0 radical (unpaired) electrons. The number of aromatic nitrogens is 4. The first-order valence-electron chi connectivity index (χ1n) is 9.20. The molecule has 3 heterocycles. The number of nitrogens with zero attached hydrogens (tertiary/aromatic N) is 3. The number of ether oxygens (including phenoxy) is 1. The molecule has 1 saturated heterocycles. The molecule has 0 bridgehead atoms. The second-order valence-corrected chi connectivity index (χ2v) is 6.92. The standard InChI is InChI=1S/C18H21N7O2/c26-18(20-11-1-2-11)23-15-10-19-24-16(15)17-21-13-4-3-12(9-14(13)22-17)25-5-7-27-8-6-25/h3-4,9-11H,1-2,5-8H2,(H,19,24)(H,21,22)(H2,20,23,26). The summed E-state index contributed by atoms with van der Waals surface area (Å²) in [6, 6.07) is 6.26. The molecular weight excluding hydrogens is 346 g/mol. The average molecular weight is 367 g/mol. The van der Waals surface area contributed by atoms with Gasteiger partial charge in [-0.1, -0.05) is 0 Å². The molecule has 27 heavy (non-hydrogen) atoms. The highest BCUT2D eigenvalue weighted by Gasteiger charge is 2.24. The summed E-state index contributed by atoms with van der Waals surface area (Å²) in [7, 11) is 0. The Hall–Kier alpha value is -3.07. The van der Waals surface area contributed by atoms with Crippen molar-refractivity contribution >= 4 is 28.4 Å². The zero-order valence-corrected chi connectivity index (χ0v) is 14.8. The summed E-state index contributed by atoms with van der Waals surface area (Å²) in [5.74, 6) is 0.642. The summed E-state index contributed by atoms with van der Waals surface area (Å²) in [5.41, 5.74) is 4.21. The zero-order valence-electron chi connectivity index (χ0n) is 14.8. The largest absolute Gasteiger partial charge is 0.378 e. The normalized spacial score (nSPS) is 17.3. The van der Waals surface area contributed by atoms with E-state index in [4.69, 9.17) is 4.74 Å². The second kappa shape index (κ2) is 6.58. The lowest BCUT2D eigenvalue weighted by Crippen LogP contribution is -2.36. The summed E-state index contributed by atoms with van der Waals surface area (Å²) in [5, 5.41) is 12.7. The number of H-pyrrole nitrogens is 2. The number of rotatable bonds is 4. The number of carbonyl (C=O) groups is 1. The monoisotopic (exact) mass is 367 g/mol. The van der Waals surface area contributed by atoms with Crippen molar-refractivity contribution in [2.75, 3.05) is 36.5 Å². The van der Waals surface area contributed by atoms with Crippen LogP contribution in [-0.4, -0.2) is 58.5 Å². The lowest BCUT2D eigenvalue weighted by molar-refractivity contribution is 0.122. The van der Waals surface area contributed by atoms with Crippen LogP contribution >= 0.6 is 0 Å². The number of amides is 2. The highest BCUT2D eigenvalue weighted by atomic mass is 16.5. The van der Waals surface area contributed by atoms with Crippen LogP contribution in [0.3, 0.4) is 0 Å². The van der Waals surface area contributed by atoms with E-state index in [-0.39, 0.29) is 6.03 Å². The van der Waals surface area contributed by atoms with E-state index in [1.807, 2.05) is 6.07 Å². The van der Waals surface area contributed by atoms with Crippen molar-refractivity contribution in [3.05, 3.63) is 24.4 Å². The van der Waals surface area contributed by atoms with Crippen molar-refractivity contribution < 1.29 is 9.53 Å². The maximum absolute atomic E-state index is 12.0. The molecule has 4 N–H and O–H groups in total. The van der Waals surface area contributed by atoms with Crippen LogP contribution in [0.15, 0.2) is 24.4 Å². The average Bonchev–Trinajstić information content (AvgIpc) is 3.21. The Balaban J connectivity index is 1.40. The van der Waals surface area contributed by atoms with Crippen molar-refractivity contribution in [1.29, 1.82) is 0 Å². The van der Waals surface area contributed by atoms with Crippen LogP contribution in [0.2, 0.25) is 0 Å². The van der Waals surface area contributed by atoms with Crippen molar-refractivity contribution in [3.63, 3.8) is 0 Å². The maximum Gasteiger partial charge on any atom is 0.319 e. The predicted molar refractivity (Wildman–Crippen MR) is 102 cm³/mol. The Morgan fingerprint density at radius 2 is 2.11 bits per heavy atom. The summed E-state index contributed by atoms with van der Waals surface area (Å²) in [6.45, 7) is 3.27. The molecule has 2 aliphatic rings. The number of hydrogen-bond donors (Lipinski definition) is 4. The SMILES string of the molecule is O=C(Nc1cn[nH]c1-c1nc2ccc(N3CCOCC3)cc2[nH]1)NC1CC1. The lowest BCUT2D eigenvalue weighted by atomic mass is 10.2. The molecule has 140 valence electrons. The van der Waals surface area contributed by atoms with Gasteiger partial charge in [0, 0.05) is 24.8 Å². The minimum atomic E-state index is -0.217. The quantitative estimate of drug-likeness (QED) is 0.564. The number of benzene rings is 1. The molecule has 1 aliphatic heterocycles. The molecule has 0 atom stereocenters. The molecule has 9 heteroatoms. The van der Waals surface area contributed by atoms with Crippen molar-refractivity contribution in [2.45, 2.75) is 18.9 Å².